The Balaban J connectivity index is 1.33. The predicted molar refractivity (Wildman–Crippen MR) is 148 cm³/mol. The Labute approximate surface area is 214 Å². The minimum atomic E-state index is -0.119. The molecule has 0 atom stereocenters. The van der Waals surface area contributed by atoms with E-state index in [1.807, 2.05) is 110 Å². The van der Waals surface area contributed by atoms with Gasteiger partial charge < -0.3 is 10.6 Å². The summed E-state index contributed by atoms with van der Waals surface area (Å²) in [4.78, 5) is 27.2. The molecule has 2 amide bonds. The van der Waals surface area contributed by atoms with E-state index in [1.54, 1.807) is 23.5 Å². The van der Waals surface area contributed by atoms with Gasteiger partial charge in [-0.15, -0.1) is 23.5 Å². The van der Waals surface area contributed by atoms with Gasteiger partial charge in [-0.3, -0.25) is 9.59 Å². The van der Waals surface area contributed by atoms with Crippen LogP contribution in [0.3, 0.4) is 0 Å². The van der Waals surface area contributed by atoms with Gasteiger partial charge in [0.1, 0.15) is 0 Å². The summed E-state index contributed by atoms with van der Waals surface area (Å²) in [5.74, 6) is -0.238. The standard InChI is InChI=1S/C29H26N2O2S2/c1-34-26-7-3-5-22(18-26)28(32)30-24-13-9-20(10-14-24)17-21-11-15-25(16-12-21)31-29(33)23-6-4-8-27(19-23)35-2/h3-16,18-19H,17H2,1-2H3,(H,30,32)(H,31,33). The number of carbonyl (C=O) groups is 2. The van der Waals surface area contributed by atoms with Crippen molar-refractivity contribution in [2.45, 2.75) is 16.2 Å². The average Bonchev–Trinajstić information content (AvgIpc) is 2.91. The predicted octanol–water partition coefficient (Wildman–Crippen LogP) is 7.23. The van der Waals surface area contributed by atoms with Crippen molar-refractivity contribution in [2.75, 3.05) is 23.1 Å². The van der Waals surface area contributed by atoms with Crippen LogP contribution in [0.4, 0.5) is 11.4 Å². The van der Waals surface area contributed by atoms with Crippen molar-refractivity contribution < 1.29 is 9.59 Å². The Morgan fingerprint density at radius 1 is 0.600 bits per heavy atom. The van der Waals surface area contributed by atoms with Gasteiger partial charge in [0.15, 0.2) is 0 Å². The highest BCUT2D eigenvalue weighted by Gasteiger charge is 2.08. The summed E-state index contributed by atoms with van der Waals surface area (Å²) in [7, 11) is 0. The van der Waals surface area contributed by atoms with Gasteiger partial charge in [-0.1, -0.05) is 36.4 Å². The van der Waals surface area contributed by atoms with Gasteiger partial charge in [0.2, 0.25) is 0 Å². The van der Waals surface area contributed by atoms with Crippen LogP contribution in [0.5, 0.6) is 0 Å². The molecule has 0 spiro atoms. The van der Waals surface area contributed by atoms with Crippen LogP contribution in [0.1, 0.15) is 31.8 Å². The third kappa shape index (κ3) is 6.78. The number of benzene rings is 4. The zero-order valence-corrected chi connectivity index (χ0v) is 21.2. The molecule has 0 aromatic heterocycles. The van der Waals surface area contributed by atoms with Gasteiger partial charge in [0, 0.05) is 32.3 Å². The van der Waals surface area contributed by atoms with Gasteiger partial charge in [-0.05, 0) is 90.7 Å². The summed E-state index contributed by atoms with van der Waals surface area (Å²) in [5.41, 5.74) is 5.08. The Hall–Kier alpha value is -3.48. The van der Waals surface area contributed by atoms with Gasteiger partial charge in [0.05, 0.1) is 0 Å². The molecule has 4 nitrogen and oxygen atoms in total. The lowest BCUT2D eigenvalue weighted by molar-refractivity contribution is 0.101. The molecule has 4 rings (SSSR count). The average molecular weight is 499 g/mol. The first kappa shape index (κ1) is 24.6. The molecule has 0 saturated carbocycles. The van der Waals surface area contributed by atoms with Gasteiger partial charge in [0.25, 0.3) is 11.8 Å². The topological polar surface area (TPSA) is 58.2 Å². The van der Waals surface area contributed by atoms with Crippen LogP contribution in [0.25, 0.3) is 0 Å². The molecule has 176 valence electrons. The van der Waals surface area contributed by atoms with Crippen molar-refractivity contribution in [2.24, 2.45) is 0 Å². The van der Waals surface area contributed by atoms with Crippen molar-refractivity contribution in [1.82, 2.24) is 0 Å². The van der Waals surface area contributed by atoms with Crippen molar-refractivity contribution in [3.8, 4) is 0 Å². The number of carbonyl (C=O) groups excluding carboxylic acids is 2. The summed E-state index contributed by atoms with van der Waals surface area (Å²) in [5, 5.41) is 5.91. The maximum atomic E-state index is 12.5. The van der Waals surface area contributed by atoms with Gasteiger partial charge >= 0.3 is 0 Å². The molecule has 6 heteroatoms. The van der Waals surface area contributed by atoms with Crippen molar-refractivity contribution >= 4 is 46.7 Å². The number of rotatable bonds is 8. The second kappa shape index (κ2) is 11.8. The molecule has 0 fully saturated rings. The van der Waals surface area contributed by atoms with Crippen LogP contribution in [-0.2, 0) is 6.42 Å². The number of nitrogens with one attached hydrogen (secondary N) is 2. The zero-order valence-electron chi connectivity index (χ0n) is 19.6. The van der Waals surface area contributed by atoms with Crippen LogP contribution in [0.2, 0.25) is 0 Å². The first-order valence-corrected chi connectivity index (χ1v) is 13.6. The Morgan fingerprint density at radius 3 is 1.37 bits per heavy atom. The van der Waals surface area contributed by atoms with E-state index in [0.29, 0.717) is 11.1 Å². The molecule has 4 aromatic carbocycles. The van der Waals surface area contributed by atoms with E-state index in [9.17, 15) is 9.59 Å². The smallest absolute Gasteiger partial charge is 0.255 e. The monoisotopic (exact) mass is 498 g/mol. The van der Waals surface area contributed by atoms with E-state index >= 15 is 0 Å². The van der Waals surface area contributed by atoms with Crippen molar-refractivity contribution in [1.29, 1.82) is 0 Å². The molecular formula is C29H26N2O2S2. The fourth-order valence-electron chi connectivity index (χ4n) is 3.58. The first-order chi connectivity index (χ1) is 17.0. The van der Waals surface area contributed by atoms with E-state index in [0.717, 1.165) is 38.7 Å². The summed E-state index contributed by atoms with van der Waals surface area (Å²) in [6.45, 7) is 0. The fourth-order valence-corrected chi connectivity index (χ4v) is 4.50. The number of anilines is 2. The normalized spacial score (nSPS) is 10.6. The molecular weight excluding hydrogens is 472 g/mol. The van der Waals surface area contributed by atoms with Gasteiger partial charge in [-0.25, -0.2) is 0 Å². The maximum Gasteiger partial charge on any atom is 0.255 e. The Kier molecular flexibility index (Phi) is 8.29. The SMILES string of the molecule is CSc1cccc(C(=O)Nc2ccc(Cc3ccc(NC(=O)c4cccc(SC)c4)cc3)cc2)c1. The van der Waals surface area contributed by atoms with Crippen molar-refractivity contribution in [3.05, 3.63) is 119 Å². The van der Waals surface area contributed by atoms with E-state index in [4.69, 9.17) is 0 Å². The summed E-state index contributed by atoms with van der Waals surface area (Å²) in [6.07, 6.45) is 4.74. The largest absolute Gasteiger partial charge is 0.322 e. The minimum absolute atomic E-state index is 0.119. The Morgan fingerprint density at radius 2 is 1.00 bits per heavy atom. The van der Waals surface area contributed by atoms with Crippen LogP contribution in [0.15, 0.2) is 107 Å². The van der Waals surface area contributed by atoms with Crippen LogP contribution in [-0.4, -0.2) is 24.3 Å². The number of amides is 2. The highest BCUT2D eigenvalue weighted by atomic mass is 32.2. The fraction of sp³-hybridized carbons (Fsp3) is 0.103. The molecule has 0 bridgehead atoms. The molecule has 0 aliphatic heterocycles. The van der Waals surface area contributed by atoms with E-state index < -0.39 is 0 Å². The second-order valence-electron chi connectivity index (χ2n) is 7.94. The lowest BCUT2D eigenvalue weighted by atomic mass is 10.0. The summed E-state index contributed by atoms with van der Waals surface area (Å²) in [6, 6.07) is 30.9. The highest BCUT2D eigenvalue weighted by Crippen LogP contribution is 2.20. The minimum Gasteiger partial charge on any atom is -0.322 e. The third-order valence-electron chi connectivity index (χ3n) is 5.50. The number of hydrogen-bond acceptors (Lipinski definition) is 4. The Bertz CT molecular complexity index is 1220. The molecule has 4 aromatic rings. The van der Waals surface area contributed by atoms with E-state index in [-0.39, 0.29) is 11.8 Å². The maximum absolute atomic E-state index is 12.5. The lowest BCUT2D eigenvalue weighted by Crippen LogP contribution is -2.12. The summed E-state index contributed by atoms with van der Waals surface area (Å²) >= 11 is 3.22. The zero-order chi connectivity index (χ0) is 24.6. The van der Waals surface area contributed by atoms with E-state index in [2.05, 4.69) is 10.6 Å². The molecule has 0 aliphatic rings. The molecule has 0 radical (unpaired) electrons. The molecule has 0 heterocycles. The molecule has 2 N–H and O–H groups in total. The van der Waals surface area contributed by atoms with Crippen LogP contribution < -0.4 is 10.6 Å². The molecule has 0 saturated heterocycles. The van der Waals surface area contributed by atoms with E-state index in [1.165, 1.54) is 0 Å². The first-order valence-electron chi connectivity index (χ1n) is 11.1. The van der Waals surface area contributed by atoms with Crippen LogP contribution >= 0.6 is 23.5 Å². The quantitative estimate of drug-likeness (QED) is 0.252. The molecule has 35 heavy (non-hydrogen) atoms. The van der Waals surface area contributed by atoms with Gasteiger partial charge in [-0.2, -0.15) is 0 Å². The second-order valence-corrected chi connectivity index (χ2v) is 9.70. The highest BCUT2D eigenvalue weighted by molar-refractivity contribution is 7.98. The van der Waals surface area contributed by atoms with Crippen molar-refractivity contribution in [3.63, 3.8) is 0 Å². The summed E-state index contributed by atoms with van der Waals surface area (Å²) < 4.78 is 0. The number of thioether (sulfide) groups is 2. The van der Waals surface area contributed by atoms with Crippen LogP contribution in [0, 0.1) is 0 Å². The third-order valence-corrected chi connectivity index (χ3v) is 6.95. The lowest BCUT2D eigenvalue weighted by Gasteiger charge is -2.09. The molecule has 0 aliphatic carbocycles. The molecule has 0 unspecified atom stereocenters. The number of hydrogen-bond donors (Lipinski definition) is 2.